The third-order valence-corrected chi connectivity index (χ3v) is 3.68. The molecule has 0 aromatic carbocycles. The Morgan fingerprint density at radius 2 is 2.37 bits per heavy atom. The fraction of sp³-hybridized carbons (Fsp3) is 0.714. The average molecular weight is 263 g/mol. The summed E-state index contributed by atoms with van der Waals surface area (Å²) in [5.41, 5.74) is 6.64. The Morgan fingerprint density at radius 3 is 3.16 bits per heavy atom. The summed E-state index contributed by atoms with van der Waals surface area (Å²) in [6.07, 6.45) is 5.62. The van der Waals surface area contributed by atoms with E-state index in [1.165, 1.54) is 25.9 Å². The highest BCUT2D eigenvalue weighted by Gasteiger charge is 2.15. The summed E-state index contributed by atoms with van der Waals surface area (Å²) >= 11 is 0. The molecule has 5 heteroatoms. The minimum absolute atomic E-state index is 0.331. The van der Waals surface area contributed by atoms with E-state index in [4.69, 9.17) is 5.73 Å². The lowest BCUT2D eigenvalue weighted by Crippen LogP contribution is -2.35. The summed E-state index contributed by atoms with van der Waals surface area (Å²) in [4.78, 5) is 10.7. The Balaban J connectivity index is 1.70. The monoisotopic (exact) mass is 263 g/mol. The van der Waals surface area contributed by atoms with Gasteiger partial charge in [0.25, 0.3) is 0 Å². The number of nitrogen functional groups attached to an aromatic ring is 1. The molecule has 1 aliphatic heterocycles. The first kappa shape index (κ1) is 14.1. The first-order chi connectivity index (χ1) is 9.15. The summed E-state index contributed by atoms with van der Waals surface area (Å²) in [6, 6.07) is 0. The Hall–Kier alpha value is -1.36. The topological polar surface area (TPSA) is 67.1 Å². The van der Waals surface area contributed by atoms with Crippen LogP contribution < -0.4 is 11.1 Å². The van der Waals surface area contributed by atoms with Crippen molar-refractivity contribution in [3.8, 4) is 0 Å². The summed E-state index contributed by atoms with van der Waals surface area (Å²) < 4.78 is 0. The lowest BCUT2D eigenvalue weighted by atomic mass is 10.0. The number of nitrogens with zero attached hydrogens (tertiary/aromatic N) is 3. The molecule has 0 spiro atoms. The number of nitrogens with one attached hydrogen (secondary N) is 1. The largest absolute Gasteiger partial charge is 0.370 e. The third-order valence-electron chi connectivity index (χ3n) is 3.68. The molecule has 1 atom stereocenters. The molecule has 0 saturated carbocycles. The van der Waals surface area contributed by atoms with E-state index >= 15 is 0 Å². The normalized spacial score (nSPS) is 20.4. The van der Waals surface area contributed by atoms with E-state index in [1.807, 2.05) is 6.92 Å². The van der Waals surface area contributed by atoms with Crippen molar-refractivity contribution >= 4 is 11.8 Å². The van der Waals surface area contributed by atoms with Crippen molar-refractivity contribution in [1.82, 2.24) is 14.9 Å². The molecule has 3 N–H and O–H groups in total. The molecule has 1 aromatic rings. The van der Waals surface area contributed by atoms with Crippen LogP contribution in [0, 0.1) is 12.8 Å². The van der Waals surface area contributed by atoms with Crippen LogP contribution >= 0.6 is 0 Å². The Labute approximate surface area is 115 Å². The van der Waals surface area contributed by atoms with Crippen molar-refractivity contribution in [1.29, 1.82) is 0 Å². The van der Waals surface area contributed by atoms with Crippen molar-refractivity contribution in [3.63, 3.8) is 0 Å². The maximum atomic E-state index is 5.59. The molecule has 1 fully saturated rings. The van der Waals surface area contributed by atoms with Gasteiger partial charge in [0.15, 0.2) is 0 Å². The fourth-order valence-corrected chi connectivity index (χ4v) is 2.63. The van der Waals surface area contributed by atoms with Gasteiger partial charge in [0.1, 0.15) is 5.82 Å². The van der Waals surface area contributed by atoms with Gasteiger partial charge in [-0.25, -0.2) is 4.98 Å². The number of aromatic nitrogens is 2. The predicted octanol–water partition coefficient (Wildman–Crippen LogP) is 1.90. The molecule has 19 heavy (non-hydrogen) atoms. The van der Waals surface area contributed by atoms with Crippen LogP contribution in [0.5, 0.6) is 0 Å². The maximum absolute atomic E-state index is 5.59. The molecular formula is C14H25N5. The first-order valence-corrected chi connectivity index (χ1v) is 7.20. The molecular weight excluding hydrogens is 238 g/mol. The molecule has 0 unspecified atom stereocenters. The van der Waals surface area contributed by atoms with E-state index in [0.29, 0.717) is 5.95 Å². The van der Waals surface area contributed by atoms with Crippen LogP contribution in [0.4, 0.5) is 11.8 Å². The van der Waals surface area contributed by atoms with E-state index in [1.54, 1.807) is 6.20 Å². The van der Waals surface area contributed by atoms with Gasteiger partial charge in [0, 0.05) is 24.8 Å². The molecule has 106 valence electrons. The molecule has 2 heterocycles. The average Bonchev–Trinajstić information content (AvgIpc) is 2.39. The zero-order valence-electron chi connectivity index (χ0n) is 12.0. The second-order valence-electron chi connectivity index (χ2n) is 5.59. The predicted molar refractivity (Wildman–Crippen MR) is 79.1 cm³/mol. The Bertz CT molecular complexity index is 407. The van der Waals surface area contributed by atoms with Gasteiger partial charge < -0.3 is 16.0 Å². The Morgan fingerprint density at radius 1 is 1.53 bits per heavy atom. The van der Waals surface area contributed by atoms with Crippen molar-refractivity contribution in [2.75, 3.05) is 37.2 Å². The van der Waals surface area contributed by atoms with Crippen LogP contribution in [-0.2, 0) is 0 Å². The van der Waals surface area contributed by atoms with Gasteiger partial charge in [-0.3, -0.25) is 0 Å². The number of rotatable bonds is 5. The second kappa shape index (κ2) is 6.70. The molecule has 0 aliphatic carbocycles. The summed E-state index contributed by atoms with van der Waals surface area (Å²) in [6.45, 7) is 8.94. The van der Waals surface area contributed by atoms with Crippen LogP contribution in [0.15, 0.2) is 6.20 Å². The first-order valence-electron chi connectivity index (χ1n) is 7.20. The van der Waals surface area contributed by atoms with Crippen molar-refractivity contribution in [2.24, 2.45) is 5.92 Å². The number of piperidine rings is 1. The molecule has 0 amide bonds. The zero-order valence-corrected chi connectivity index (χ0v) is 12.0. The number of aryl methyl sites for hydroxylation is 1. The standard InChI is InChI=1S/C14H25N5/c1-11-5-3-7-19(10-11)8-4-6-16-13-12(2)9-17-14(15)18-13/h9,11H,3-8,10H2,1-2H3,(H3,15,16,17,18)/t11-/m1/s1. The lowest BCUT2D eigenvalue weighted by molar-refractivity contribution is 0.183. The number of nitrogens with two attached hydrogens (primary N) is 1. The van der Waals surface area contributed by atoms with Gasteiger partial charge >= 0.3 is 0 Å². The SMILES string of the molecule is Cc1cnc(N)nc1NCCCN1CCC[C@@H](C)C1. The van der Waals surface area contributed by atoms with Gasteiger partial charge in [0.2, 0.25) is 5.95 Å². The van der Waals surface area contributed by atoms with E-state index in [2.05, 4.69) is 27.1 Å². The van der Waals surface area contributed by atoms with Crippen LogP contribution in [0.2, 0.25) is 0 Å². The van der Waals surface area contributed by atoms with Crippen molar-refractivity contribution in [2.45, 2.75) is 33.1 Å². The fourth-order valence-electron chi connectivity index (χ4n) is 2.63. The molecule has 1 aromatic heterocycles. The van der Waals surface area contributed by atoms with Crippen LogP contribution in [0.1, 0.15) is 31.7 Å². The highest BCUT2D eigenvalue weighted by atomic mass is 15.1. The molecule has 0 bridgehead atoms. The molecule has 2 rings (SSSR count). The van der Waals surface area contributed by atoms with Crippen LogP contribution in [-0.4, -0.2) is 41.0 Å². The minimum atomic E-state index is 0.331. The molecule has 5 nitrogen and oxygen atoms in total. The van der Waals surface area contributed by atoms with Gasteiger partial charge in [-0.2, -0.15) is 4.98 Å². The van der Waals surface area contributed by atoms with E-state index in [9.17, 15) is 0 Å². The van der Waals surface area contributed by atoms with Gasteiger partial charge in [0.05, 0.1) is 0 Å². The lowest BCUT2D eigenvalue weighted by Gasteiger charge is -2.30. The van der Waals surface area contributed by atoms with Gasteiger partial charge in [-0.05, 0) is 45.2 Å². The Kier molecular flexibility index (Phi) is 4.96. The van der Waals surface area contributed by atoms with E-state index in [-0.39, 0.29) is 0 Å². The second-order valence-corrected chi connectivity index (χ2v) is 5.59. The van der Waals surface area contributed by atoms with Gasteiger partial charge in [-0.1, -0.05) is 6.92 Å². The summed E-state index contributed by atoms with van der Waals surface area (Å²) in [5.74, 6) is 2.04. The number of hydrogen-bond acceptors (Lipinski definition) is 5. The summed E-state index contributed by atoms with van der Waals surface area (Å²) in [5, 5.41) is 3.35. The van der Waals surface area contributed by atoms with E-state index in [0.717, 1.165) is 36.8 Å². The quantitative estimate of drug-likeness (QED) is 0.794. The van der Waals surface area contributed by atoms with Gasteiger partial charge in [-0.15, -0.1) is 0 Å². The molecule has 0 radical (unpaired) electrons. The highest BCUT2D eigenvalue weighted by molar-refractivity contribution is 5.44. The zero-order chi connectivity index (χ0) is 13.7. The van der Waals surface area contributed by atoms with E-state index < -0.39 is 0 Å². The number of hydrogen-bond donors (Lipinski definition) is 2. The number of likely N-dealkylation sites (tertiary alicyclic amines) is 1. The number of anilines is 2. The summed E-state index contributed by atoms with van der Waals surface area (Å²) in [7, 11) is 0. The minimum Gasteiger partial charge on any atom is -0.370 e. The molecule has 1 aliphatic rings. The van der Waals surface area contributed by atoms with Crippen molar-refractivity contribution < 1.29 is 0 Å². The smallest absolute Gasteiger partial charge is 0.221 e. The maximum Gasteiger partial charge on any atom is 0.221 e. The highest BCUT2D eigenvalue weighted by Crippen LogP contribution is 2.15. The van der Waals surface area contributed by atoms with Crippen LogP contribution in [0.25, 0.3) is 0 Å². The van der Waals surface area contributed by atoms with Crippen molar-refractivity contribution in [3.05, 3.63) is 11.8 Å². The third kappa shape index (κ3) is 4.35. The molecule has 1 saturated heterocycles. The van der Waals surface area contributed by atoms with Crippen LogP contribution in [0.3, 0.4) is 0 Å².